The van der Waals surface area contributed by atoms with Crippen LogP contribution in [0.15, 0.2) is 35.7 Å². The van der Waals surface area contributed by atoms with Crippen LogP contribution in [0.4, 0.5) is 5.69 Å². The molecule has 4 atom stereocenters. The lowest BCUT2D eigenvalue weighted by atomic mass is 9.77. The minimum absolute atomic E-state index is 0.0660. The van der Waals surface area contributed by atoms with Crippen molar-refractivity contribution in [2.24, 2.45) is 11.8 Å². The van der Waals surface area contributed by atoms with Crippen molar-refractivity contribution in [2.45, 2.75) is 72.0 Å². The van der Waals surface area contributed by atoms with Crippen LogP contribution in [0, 0.1) is 25.7 Å². The molecule has 1 aliphatic carbocycles. The van der Waals surface area contributed by atoms with Gasteiger partial charge in [0.15, 0.2) is 0 Å². The zero-order chi connectivity index (χ0) is 23.5. The largest absolute Gasteiger partial charge is 0.351 e. The van der Waals surface area contributed by atoms with Crippen molar-refractivity contribution in [3.63, 3.8) is 0 Å². The second kappa shape index (κ2) is 8.01. The highest BCUT2D eigenvalue weighted by atomic mass is 32.1. The summed E-state index contributed by atoms with van der Waals surface area (Å²) < 4.78 is 3.12. The summed E-state index contributed by atoms with van der Waals surface area (Å²) in [5.41, 5.74) is 3.60. The topological polar surface area (TPSA) is 54.3 Å². The highest BCUT2D eigenvalue weighted by Crippen LogP contribution is 2.38. The Labute approximate surface area is 199 Å². The van der Waals surface area contributed by atoms with Crippen LogP contribution in [0.1, 0.15) is 61.6 Å². The number of fused-ring (bicyclic) bond motifs is 3. The van der Waals surface area contributed by atoms with Crippen LogP contribution < -0.4 is 10.2 Å². The van der Waals surface area contributed by atoms with E-state index in [1.165, 1.54) is 6.42 Å². The lowest BCUT2D eigenvalue weighted by Crippen LogP contribution is -2.66. The Kier molecular flexibility index (Phi) is 5.39. The summed E-state index contributed by atoms with van der Waals surface area (Å²) in [4.78, 5) is 29.7. The molecule has 0 bridgehead atoms. The Morgan fingerprint density at radius 2 is 1.85 bits per heavy atom. The van der Waals surface area contributed by atoms with E-state index >= 15 is 0 Å². The Balaban J connectivity index is 1.60. The molecule has 3 heterocycles. The average molecular weight is 464 g/mol. The van der Waals surface area contributed by atoms with Crippen LogP contribution in [-0.4, -0.2) is 28.0 Å². The molecule has 0 saturated heterocycles. The minimum Gasteiger partial charge on any atom is -0.351 e. The van der Waals surface area contributed by atoms with Gasteiger partial charge >= 0.3 is 0 Å². The number of nitrogens with one attached hydrogen (secondary N) is 1. The van der Waals surface area contributed by atoms with E-state index in [1.54, 1.807) is 16.2 Å². The lowest BCUT2D eigenvalue weighted by molar-refractivity contribution is -0.128. The fourth-order valence-electron chi connectivity index (χ4n) is 5.81. The lowest BCUT2D eigenvalue weighted by Gasteiger charge is -2.45. The van der Waals surface area contributed by atoms with E-state index in [1.807, 2.05) is 55.0 Å². The van der Waals surface area contributed by atoms with Gasteiger partial charge in [0.05, 0.1) is 16.8 Å². The maximum absolute atomic E-state index is 14.0. The average Bonchev–Trinajstić information content (AvgIpc) is 3.33. The zero-order valence-corrected chi connectivity index (χ0v) is 21.0. The summed E-state index contributed by atoms with van der Waals surface area (Å²) in [5, 5.41) is 5.42. The number of thiophene rings is 1. The first-order chi connectivity index (χ1) is 15.7. The van der Waals surface area contributed by atoms with Crippen LogP contribution in [0.2, 0.25) is 0 Å². The van der Waals surface area contributed by atoms with E-state index in [4.69, 9.17) is 0 Å². The number of carbonyl (C=O) groups is 2. The fraction of sp³-hybridized carbons (Fsp3) is 0.481. The summed E-state index contributed by atoms with van der Waals surface area (Å²) >= 11 is 1.63. The maximum atomic E-state index is 14.0. The third-order valence-corrected chi connectivity index (χ3v) is 8.73. The number of carbonyl (C=O) groups excluding carboxylic acids is 2. The Morgan fingerprint density at radius 3 is 2.58 bits per heavy atom. The number of aromatic nitrogens is 1. The van der Waals surface area contributed by atoms with Gasteiger partial charge in [-0.25, -0.2) is 0 Å². The number of hydrogen-bond acceptors (Lipinski definition) is 3. The van der Waals surface area contributed by atoms with Gasteiger partial charge in [0.1, 0.15) is 11.2 Å². The van der Waals surface area contributed by atoms with Gasteiger partial charge in [-0.1, -0.05) is 32.8 Å². The van der Waals surface area contributed by atoms with E-state index < -0.39 is 5.54 Å². The molecule has 0 unspecified atom stereocenters. The number of amides is 2. The molecule has 2 aliphatic rings. The Bertz CT molecular complexity index is 1220. The number of anilines is 1. The van der Waals surface area contributed by atoms with E-state index in [2.05, 4.69) is 25.2 Å². The third-order valence-electron chi connectivity index (χ3n) is 7.88. The van der Waals surface area contributed by atoms with Crippen molar-refractivity contribution in [3.05, 3.63) is 52.5 Å². The molecule has 0 spiro atoms. The molecule has 3 aromatic rings. The molecular weight excluding hydrogens is 430 g/mol. The van der Waals surface area contributed by atoms with Crippen molar-refractivity contribution in [3.8, 4) is 0 Å². The van der Waals surface area contributed by atoms with Gasteiger partial charge in [-0.15, -0.1) is 11.3 Å². The molecule has 1 aromatic carbocycles. The molecular formula is C27H33N3O2S. The van der Waals surface area contributed by atoms with Crippen molar-refractivity contribution < 1.29 is 9.59 Å². The quantitative estimate of drug-likeness (QED) is 0.543. The number of rotatable bonds is 3. The fourth-order valence-corrected chi connectivity index (χ4v) is 6.63. The third kappa shape index (κ3) is 3.59. The predicted molar refractivity (Wildman–Crippen MR) is 135 cm³/mol. The minimum atomic E-state index is -1.03. The van der Waals surface area contributed by atoms with Gasteiger partial charge in [-0.2, -0.15) is 0 Å². The van der Waals surface area contributed by atoms with Gasteiger partial charge < -0.3 is 9.88 Å². The summed E-state index contributed by atoms with van der Waals surface area (Å²) in [6.07, 6.45) is 3.33. The molecule has 2 amide bonds. The van der Waals surface area contributed by atoms with E-state index in [0.717, 1.165) is 39.9 Å². The normalized spacial score (nSPS) is 27.6. The molecule has 1 fully saturated rings. The van der Waals surface area contributed by atoms with Gasteiger partial charge in [0.2, 0.25) is 5.91 Å². The number of nitrogens with zero attached hydrogens (tertiary/aromatic N) is 2. The van der Waals surface area contributed by atoms with Crippen molar-refractivity contribution >= 4 is 39.1 Å². The maximum Gasteiger partial charge on any atom is 0.275 e. The Hall–Kier alpha value is -2.60. The van der Waals surface area contributed by atoms with Gasteiger partial charge in [0.25, 0.3) is 5.91 Å². The number of benzene rings is 1. The predicted octanol–water partition coefficient (Wildman–Crippen LogP) is 5.68. The second-order valence-electron chi connectivity index (χ2n) is 10.4. The first-order valence-electron chi connectivity index (χ1n) is 12.0. The van der Waals surface area contributed by atoms with E-state index in [-0.39, 0.29) is 17.9 Å². The highest BCUT2D eigenvalue weighted by Gasteiger charge is 2.49. The first kappa shape index (κ1) is 22.2. The molecule has 5 rings (SSSR count). The SMILES string of the molecule is Cc1cc(C)cc(N2C(=O)c3cc4sccc4n3C[C@]2(C)C(=O)N[C@@H]2CCC[C@H](C)[C@H]2C)c1. The molecule has 5 nitrogen and oxygen atoms in total. The molecule has 174 valence electrons. The molecule has 1 aliphatic heterocycles. The van der Waals surface area contributed by atoms with Crippen molar-refractivity contribution in [1.29, 1.82) is 0 Å². The Morgan fingerprint density at radius 1 is 1.12 bits per heavy atom. The van der Waals surface area contributed by atoms with Crippen molar-refractivity contribution in [2.75, 3.05) is 4.90 Å². The van der Waals surface area contributed by atoms with Crippen LogP contribution in [0.3, 0.4) is 0 Å². The summed E-state index contributed by atoms with van der Waals surface area (Å²) in [5.74, 6) is 0.828. The standard InChI is InChI=1S/C27H33N3O2S/c1-16-11-17(2)13-20(12-16)30-25(31)23-14-24-22(9-10-33-24)29(23)15-27(30,5)26(32)28-21-8-6-7-18(3)19(21)4/h9-14,18-19,21H,6-8,15H2,1-5H3,(H,28,32)/t18-,19+,21+,27+/m0/s1. The molecule has 2 aromatic heterocycles. The molecule has 6 heteroatoms. The smallest absolute Gasteiger partial charge is 0.275 e. The van der Waals surface area contributed by atoms with Crippen molar-refractivity contribution in [1.82, 2.24) is 9.88 Å². The van der Waals surface area contributed by atoms with Crippen LogP contribution >= 0.6 is 11.3 Å². The van der Waals surface area contributed by atoms with E-state index in [9.17, 15) is 9.59 Å². The van der Waals surface area contributed by atoms with Crippen LogP contribution in [0.25, 0.3) is 10.2 Å². The summed E-state index contributed by atoms with van der Waals surface area (Å²) in [6, 6.07) is 10.3. The summed E-state index contributed by atoms with van der Waals surface area (Å²) in [6.45, 7) is 10.9. The van der Waals surface area contributed by atoms with Gasteiger partial charge in [0, 0.05) is 11.7 Å². The molecule has 1 saturated carbocycles. The van der Waals surface area contributed by atoms with Crippen LogP contribution in [-0.2, 0) is 11.3 Å². The van der Waals surface area contributed by atoms with Gasteiger partial charge in [-0.05, 0) is 79.8 Å². The van der Waals surface area contributed by atoms with Crippen LogP contribution in [0.5, 0.6) is 0 Å². The second-order valence-corrected chi connectivity index (χ2v) is 11.3. The summed E-state index contributed by atoms with van der Waals surface area (Å²) in [7, 11) is 0. The molecule has 0 radical (unpaired) electrons. The highest BCUT2D eigenvalue weighted by molar-refractivity contribution is 7.17. The number of hydrogen-bond donors (Lipinski definition) is 1. The monoisotopic (exact) mass is 463 g/mol. The number of aryl methyl sites for hydroxylation is 2. The first-order valence-corrected chi connectivity index (χ1v) is 12.9. The van der Waals surface area contributed by atoms with Gasteiger partial charge in [-0.3, -0.25) is 14.5 Å². The van der Waals surface area contributed by atoms with E-state index in [0.29, 0.717) is 24.1 Å². The molecule has 1 N–H and O–H groups in total. The zero-order valence-electron chi connectivity index (χ0n) is 20.1. The molecule has 33 heavy (non-hydrogen) atoms.